The number of ether oxygens (including phenoxy) is 1. The Labute approximate surface area is 82.0 Å². The molecule has 0 unspecified atom stereocenters. The fourth-order valence-corrected chi connectivity index (χ4v) is 2.14. The van der Waals surface area contributed by atoms with Crippen molar-refractivity contribution >= 4 is 0 Å². The predicted molar refractivity (Wildman–Crippen MR) is 55.9 cm³/mol. The van der Waals surface area contributed by atoms with E-state index in [1.54, 1.807) is 0 Å². The summed E-state index contributed by atoms with van der Waals surface area (Å²) in [5, 5.41) is 3.49. The second-order valence-corrected chi connectivity index (χ2v) is 5.47. The molecule has 0 radical (unpaired) electrons. The van der Waals surface area contributed by atoms with Crippen molar-refractivity contribution in [3.8, 4) is 0 Å². The summed E-state index contributed by atoms with van der Waals surface area (Å²) in [5.74, 6) is 0. The standard InChI is InChI=1S/C11H23NO/c1-10(2,3)13-11(4,5)9-7-6-8-12-9/h9,12H,6-8H2,1-5H3/t9-/m0/s1. The molecular formula is C11H23NO. The second-order valence-electron chi connectivity index (χ2n) is 5.47. The highest BCUT2D eigenvalue weighted by atomic mass is 16.5. The number of hydrogen-bond acceptors (Lipinski definition) is 2. The number of rotatable bonds is 2. The van der Waals surface area contributed by atoms with Gasteiger partial charge in [-0.3, -0.25) is 0 Å². The Kier molecular flexibility index (Phi) is 3.03. The number of nitrogens with one attached hydrogen (secondary N) is 1. The Balaban J connectivity index is 2.53. The average Bonchev–Trinajstić information content (AvgIpc) is 2.29. The zero-order valence-electron chi connectivity index (χ0n) is 9.61. The van der Waals surface area contributed by atoms with Crippen molar-refractivity contribution in [2.45, 2.75) is 64.7 Å². The summed E-state index contributed by atoms with van der Waals surface area (Å²) in [7, 11) is 0. The van der Waals surface area contributed by atoms with Gasteiger partial charge in [-0.15, -0.1) is 0 Å². The van der Waals surface area contributed by atoms with E-state index in [2.05, 4.69) is 39.9 Å². The van der Waals surface area contributed by atoms with Crippen molar-refractivity contribution in [3.63, 3.8) is 0 Å². The van der Waals surface area contributed by atoms with E-state index in [1.165, 1.54) is 12.8 Å². The molecular weight excluding hydrogens is 162 g/mol. The van der Waals surface area contributed by atoms with Gasteiger partial charge in [0, 0.05) is 6.04 Å². The minimum atomic E-state index is -0.0478. The maximum atomic E-state index is 6.05. The Morgan fingerprint density at radius 2 is 1.77 bits per heavy atom. The summed E-state index contributed by atoms with van der Waals surface area (Å²) >= 11 is 0. The quantitative estimate of drug-likeness (QED) is 0.713. The molecule has 0 aromatic carbocycles. The summed E-state index contributed by atoms with van der Waals surface area (Å²) in [6, 6.07) is 0.520. The summed E-state index contributed by atoms with van der Waals surface area (Å²) in [5.41, 5.74) is -0.0947. The molecule has 1 fully saturated rings. The molecule has 0 amide bonds. The van der Waals surface area contributed by atoms with Crippen LogP contribution in [0.4, 0.5) is 0 Å². The van der Waals surface area contributed by atoms with Crippen LogP contribution in [0.5, 0.6) is 0 Å². The van der Waals surface area contributed by atoms with Crippen LogP contribution in [0.25, 0.3) is 0 Å². The van der Waals surface area contributed by atoms with Crippen LogP contribution in [-0.2, 0) is 4.74 Å². The van der Waals surface area contributed by atoms with Crippen LogP contribution in [0.3, 0.4) is 0 Å². The molecule has 1 saturated heterocycles. The molecule has 0 aromatic rings. The Hall–Kier alpha value is -0.0800. The minimum absolute atomic E-state index is 0.0469. The van der Waals surface area contributed by atoms with Gasteiger partial charge in [0.05, 0.1) is 11.2 Å². The molecule has 2 nitrogen and oxygen atoms in total. The topological polar surface area (TPSA) is 21.3 Å². The van der Waals surface area contributed by atoms with E-state index in [-0.39, 0.29) is 11.2 Å². The molecule has 1 atom stereocenters. The zero-order valence-corrected chi connectivity index (χ0v) is 9.61. The van der Waals surface area contributed by atoms with Crippen LogP contribution in [0.15, 0.2) is 0 Å². The van der Waals surface area contributed by atoms with Crippen molar-refractivity contribution in [3.05, 3.63) is 0 Å². The van der Waals surface area contributed by atoms with Crippen LogP contribution >= 0.6 is 0 Å². The summed E-state index contributed by atoms with van der Waals surface area (Å²) < 4.78 is 6.05. The van der Waals surface area contributed by atoms with E-state index in [1.807, 2.05) is 0 Å². The lowest BCUT2D eigenvalue weighted by molar-refractivity contribution is -0.126. The predicted octanol–water partition coefficient (Wildman–Crippen LogP) is 2.33. The van der Waals surface area contributed by atoms with Gasteiger partial charge < -0.3 is 10.1 Å². The van der Waals surface area contributed by atoms with Gasteiger partial charge >= 0.3 is 0 Å². The smallest absolute Gasteiger partial charge is 0.0785 e. The first-order valence-electron chi connectivity index (χ1n) is 5.25. The van der Waals surface area contributed by atoms with Crippen LogP contribution in [0, 0.1) is 0 Å². The first kappa shape index (κ1) is 11.0. The lowest BCUT2D eigenvalue weighted by Crippen LogP contribution is -2.48. The Morgan fingerprint density at radius 3 is 2.15 bits per heavy atom. The Morgan fingerprint density at radius 1 is 1.15 bits per heavy atom. The first-order chi connectivity index (χ1) is 5.81. The minimum Gasteiger partial charge on any atom is -0.368 e. The molecule has 1 aliphatic heterocycles. The molecule has 0 saturated carbocycles. The van der Waals surface area contributed by atoms with E-state index in [4.69, 9.17) is 4.74 Å². The van der Waals surface area contributed by atoms with Gasteiger partial charge in [0.25, 0.3) is 0 Å². The summed E-state index contributed by atoms with van der Waals surface area (Å²) in [4.78, 5) is 0. The zero-order chi connectivity index (χ0) is 10.1. The maximum absolute atomic E-state index is 6.05. The molecule has 0 aromatic heterocycles. The van der Waals surface area contributed by atoms with E-state index in [0.717, 1.165) is 6.54 Å². The second kappa shape index (κ2) is 3.58. The SMILES string of the molecule is CC(C)(C)OC(C)(C)[C@@H]1CCCN1. The van der Waals surface area contributed by atoms with Gasteiger partial charge in [0.2, 0.25) is 0 Å². The molecule has 0 spiro atoms. The molecule has 1 rings (SSSR count). The average molecular weight is 185 g/mol. The molecule has 1 aliphatic rings. The van der Waals surface area contributed by atoms with Gasteiger partial charge in [-0.2, -0.15) is 0 Å². The molecule has 0 aliphatic carbocycles. The largest absolute Gasteiger partial charge is 0.368 e. The maximum Gasteiger partial charge on any atom is 0.0785 e. The monoisotopic (exact) mass is 185 g/mol. The third-order valence-corrected chi connectivity index (χ3v) is 2.47. The van der Waals surface area contributed by atoms with E-state index in [9.17, 15) is 0 Å². The third kappa shape index (κ3) is 3.28. The van der Waals surface area contributed by atoms with Gasteiger partial charge in [-0.25, -0.2) is 0 Å². The van der Waals surface area contributed by atoms with Crippen molar-refractivity contribution < 1.29 is 4.74 Å². The van der Waals surface area contributed by atoms with E-state index in [0.29, 0.717) is 6.04 Å². The van der Waals surface area contributed by atoms with Gasteiger partial charge in [0.15, 0.2) is 0 Å². The van der Waals surface area contributed by atoms with Gasteiger partial charge in [-0.05, 0) is 54.0 Å². The van der Waals surface area contributed by atoms with Crippen LogP contribution in [0.1, 0.15) is 47.5 Å². The van der Waals surface area contributed by atoms with Crippen LogP contribution < -0.4 is 5.32 Å². The molecule has 0 bridgehead atoms. The van der Waals surface area contributed by atoms with Gasteiger partial charge in [-0.1, -0.05) is 0 Å². The summed E-state index contributed by atoms with van der Waals surface area (Å²) in [6.45, 7) is 11.8. The molecule has 1 N–H and O–H groups in total. The molecule has 13 heavy (non-hydrogen) atoms. The van der Waals surface area contributed by atoms with E-state index >= 15 is 0 Å². The highest BCUT2D eigenvalue weighted by Crippen LogP contribution is 2.27. The molecule has 2 heteroatoms. The van der Waals surface area contributed by atoms with Crippen LogP contribution in [-0.4, -0.2) is 23.8 Å². The molecule has 1 heterocycles. The third-order valence-electron chi connectivity index (χ3n) is 2.47. The van der Waals surface area contributed by atoms with Crippen molar-refractivity contribution in [2.24, 2.45) is 0 Å². The molecule has 78 valence electrons. The lowest BCUT2D eigenvalue weighted by atomic mass is 9.96. The van der Waals surface area contributed by atoms with Crippen molar-refractivity contribution in [2.75, 3.05) is 6.54 Å². The lowest BCUT2D eigenvalue weighted by Gasteiger charge is -2.38. The number of hydrogen-bond donors (Lipinski definition) is 1. The highest BCUT2D eigenvalue weighted by molar-refractivity contribution is 4.91. The normalized spacial score (nSPS) is 25.2. The van der Waals surface area contributed by atoms with Crippen molar-refractivity contribution in [1.82, 2.24) is 5.32 Å². The Bertz CT molecular complexity index is 163. The first-order valence-corrected chi connectivity index (χ1v) is 5.25. The van der Waals surface area contributed by atoms with Crippen LogP contribution in [0.2, 0.25) is 0 Å². The fraction of sp³-hybridized carbons (Fsp3) is 1.00. The summed E-state index contributed by atoms with van der Waals surface area (Å²) in [6.07, 6.45) is 2.52. The van der Waals surface area contributed by atoms with E-state index < -0.39 is 0 Å². The van der Waals surface area contributed by atoms with Gasteiger partial charge in [0.1, 0.15) is 0 Å². The highest BCUT2D eigenvalue weighted by Gasteiger charge is 2.35. The van der Waals surface area contributed by atoms with Crippen molar-refractivity contribution in [1.29, 1.82) is 0 Å². The fourth-order valence-electron chi connectivity index (χ4n) is 2.14.